The molecule has 31 heavy (non-hydrogen) atoms. The van der Waals surface area contributed by atoms with Crippen LogP contribution >= 0.6 is 11.6 Å². The normalized spacial score (nSPS) is 20.4. The fourth-order valence-corrected chi connectivity index (χ4v) is 4.36. The molecule has 174 valence electrons. The van der Waals surface area contributed by atoms with Gasteiger partial charge in [-0.25, -0.2) is 4.79 Å². The Bertz CT molecular complexity index is 747. The lowest BCUT2D eigenvalue weighted by molar-refractivity contribution is 0.0252. The van der Waals surface area contributed by atoms with Gasteiger partial charge in [0, 0.05) is 25.7 Å². The molecule has 7 nitrogen and oxygen atoms in total. The van der Waals surface area contributed by atoms with E-state index in [2.05, 4.69) is 10.2 Å². The lowest BCUT2D eigenvalue weighted by atomic mass is 10.1. The molecule has 1 amide bonds. The average Bonchev–Trinajstić information content (AvgIpc) is 3.09. The van der Waals surface area contributed by atoms with Crippen LogP contribution in [0, 0.1) is 0 Å². The van der Waals surface area contributed by atoms with Crippen molar-refractivity contribution in [2.45, 2.75) is 64.5 Å². The first-order valence-corrected chi connectivity index (χ1v) is 11.8. The summed E-state index contributed by atoms with van der Waals surface area (Å²) in [6.45, 7) is 10.7. The first-order chi connectivity index (χ1) is 14.7. The number of amides is 1. The summed E-state index contributed by atoms with van der Waals surface area (Å²) in [5.74, 6) is 0.634. The molecule has 0 spiro atoms. The van der Waals surface area contributed by atoms with Crippen molar-refractivity contribution in [1.82, 2.24) is 9.80 Å². The van der Waals surface area contributed by atoms with E-state index in [4.69, 9.17) is 26.8 Å². The summed E-state index contributed by atoms with van der Waals surface area (Å²) in [6, 6.07) is 3.68. The summed E-state index contributed by atoms with van der Waals surface area (Å²) in [4.78, 5) is 16.8. The monoisotopic (exact) mass is 452 g/mol. The summed E-state index contributed by atoms with van der Waals surface area (Å²) >= 11 is 6.67. The van der Waals surface area contributed by atoms with Gasteiger partial charge >= 0.3 is 6.09 Å². The third-order valence-electron chi connectivity index (χ3n) is 5.67. The van der Waals surface area contributed by atoms with Crippen LogP contribution in [0.5, 0.6) is 5.75 Å². The molecule has 0 aromatic heterocycles. The lowest BCUT2D eigenvalue weighted by Gasteiger charge is -2.29. The Kier molecular flexibility index (Phi) is 8.17. The highest BCUT2D eigenvalue weighted by Crippen LogP contribution is 2.37. The van der Waals surface area contributed by atoms with E-state index in [0.29, 0.717) is 41.8 Å². The van der Waals surface area contributed by atoms with Crippen LogP contribution < -0.4 is 15.8 Å². The van der Waals surface area contributed by atoms with E-state index >= 15 is 0 Å². The van der Waals surface area contributed by atoms with Gasteiger partial charge in [-0.05, 0) is 78.1 Å². The van der Waals surface area contributed by atoms with Gasteiger partial charge in [0.25, 0.3) is 0 Å². The van der Waals surface area contributed by atoms with E-state index in [1.807, 2.05) is 32.9 Å². The van der Waals surface area contributed by atoms with Crippen LogP contribution in [0.25, 0.3) is 0 Å². The van der Waals surface area contributed by atoms with Crippen LogP contribution in [0.2, 0.25) is 5.02 Å². The molecule has 0 radical (unpaired) electrons. The Morgan fingerprint density at radius 1 is 1.19 bits per heavy atom. The van der Waals surface area contributed by atoms with Crippen LogP contribution in [0.3, 0.4) is 0 Å². The number of ether oxygens (including phenoxy) is 2. The number of nitrogens with two attached hydrogens (primary N) is 1. The summed E-state index contributed by atoms with van der Waals surface area (Å²) in [5, 5.41) is 3.98. The Balaban J connectivity index is 1.63. The molecule has 3 N–H and O–H groups in total. The van der Waals surface area contributed by atoms with E-state index < -0.39 is 5.60 Å². The number of carbonyl (C=O) groups is 1. The van der Waals surface area contributed by atoms with Crippen molar-refractivity contribution in [2.24, 2.45) is 0 Å². The van der Waals surface area contributed by atoms with Crippen molar-refractivity contribution in [1.29, 1.82) is 0 Å². The zero-order chi connectivity index (χ0) is 22.4. The van der Waals surface area contributed by atoms with Gasteiger partial charge in [-0.15, -0.1) is 0 Å². The van der Waals surface area contributed by atoms with Crippen LogP contribution in [-0.2, 0) is 4.74 Å². The molecule has 2 saturated heterocycles. The van der Waals surface area contributed by atoms with Gasteiger partial charge in [0.15, 0.2) is 0 Å². The van der Waals surface area contributed by atoms with Crippen LogP contribution in [-0.4, -0.2) is 66.9 Å². The van der Waals surface area contributed by atoms with Gasteiger partial charge in [0.1, 0.15) is 23.0 Å². The SMILES string of the molecule is CC(C)(C)OC(=O)N1CCCCC(Nc2c(N)ccc(OCCN3CCCC3)c2Cl)C1. The number of hydrogen-bond donors (Lipinski definition) is 2. The quantitative estimate of drug-likeness (QED) is 0.614. The molecule has 2 aliphatic rings. The van der Waals surface area contributed by atoms with E-state index in [1.54, 1.807) is 4.90 Å². The Hall–Kier alpha value is -1.86. The second-order valence-corrected chi connectivity index (χ2v) is 9.88. The molecule has 0 aliphatic carbocycles. The third kappa shape index (κ3) is 7.07. The smallest absolute Gasteiger partial charge is 0.410 e. The molecule has 8 heteroatoms. The van der Waals surface area contributed by atoms with Crippen LogP contribution in [0.15, 0.2) is 12.1 Å². The van der Waals surface area contributed by atoms with Gasteiger partial charge in [-0.3, -0.25) is 4.90 Å². The van der Waals surface area contributed by atoms with Crippen LogP contribution in [0.4, 0.5) is 16.2 Å². The molecule has 0 saturated carbocycles. The lowest BCUT2D eigenvalue weighted by Crippen LogP contribution is -2.42. The molecule has 2 heterocycles. The van der Waals surface area contributed by atoms with E-state index in [0.717, 1.165) is 38.9 Å². The number of halogens is 1. The predicted molar refractivity (Wildman–Crippen MR) is 126 cm³/mol. The number of nitrogens with one attached hydrogen (secondary N) is 1. The van der Waals surface area contributed by atoms with Crippen molar-refractivity contribution in [2.75, 3.05) is 50.4 Å². The van der Waals surface area contributed by atoms with Crippen molar-refractivity contribution in [3.05, 3.63) is 17.2 Å². The molecule has 2 aliphatic heterocycles. The molecular formula is C23H37ClN4O3. The van der Waals surface area contributed by atoms with Crippen molar-refractivity contribution < 1.29 is 14.3 Å². The number of benzene rings is 1. The molecule has 1 aromatic rings. The van der Waals surface area contributed by atoms with Gasteiger partial charge in [-0.2, -0.15) is 0 Å². The molecule has 1 aromatic carbocycles. The maximum absolute atomic E-state index is 12.6. The molecule has 1 unspecified atom stereocenters. The van der Waals surface area contributed by atoms with Crippen molar-refractivity contribution >= 4 is 29.1 Å². The van der Waals surface area contributed by atoms with E-state index in [1.165, 1.54) is 12.8 Å². The molecule has 1 atom stereocenters. The Morgan fingerprint density at radius 2 is 1.90 bits per heavy atom. The third-order valence-corrected chi connectivity index (χ3v) is 6.05. The number of nitrogens with zero attached hydrogens (tertiary/aromatic N) is 2. The number of hydrogen-bond acceptors (Lipinski definition) is 6. The first kappa shape index (κ1) is 23.8. The fraction of sp³-hybridized carbons (Fsp3) is 0.696. The van der Waals surface area contributed by atoms with Gasteiger partial charge in [0.2, 0.25) is 0 Å². The van der Waals surface area contributed by atoms with Crippen LogP contribution in [0.1, 0.15) is 52.9 Å². The largest absolute Gasteiger partial charge is 0.491 e. The fourth-order valence-electron chi connectivity index (χ4n) is 4.08. The van der Waals surface area contributed by atoms with Gasteiger partial charge < -0.3 is 25.4 Å². The second-order valence-electron chi connectivity index (χ2n) is 9.50. The predicted octanol–water partition coefficient (Wildman–Crippen LogP) is 4.60. The highest BCUT2D eigenvalue weighted by Gasteiger charge is 2.27. The standard InChI is InChI=1S/C23H37ClN4O3/c1-23(2,3)31-22(29)28-13-5-4-8-17(16-28)26-21-18(25)9-10-19(20(21)24)30-15-14-27-11-6-7-12-27/h9-10,17,26H,4-8,11-16,25H2,1-3H3. The summed E-state index contributed by atoms with van der Waals surface area (Å²) in [5.41, 5.74) is 6.97. The number of likely N-dealkylation sites (tertiary alicyclic amines) is 2. The molecule has 3 rings (SSSR count). The van der Waals surface area contributed by atoms with Crippen molar-refractivity contribution in [3.8, 4) is 5.75 Å². The second kappa shape index (κ2) is 10.6. The van der Waals surface area contributed by atoms with E-state index in [9.17, 15) is 4.79 Å². The Labute approximate surface area is 191 Å². The topological polar surface area (TPSA) is 80.1 Å². The minimum absolute atomic E-state index is 0.0367. The average molecular weight is 453 g/mol. The minimum Gasteiger partial charge on any atom is -0.491 e. The number of carbonyl (C=O) groups excluding carboxylic acids is 1. The maximum Gasteiger partial charge on any atom is 0.410 e. The first-order valence-electron chi connectivity index (χ1n) is 11.4. The molecule has 2 fully saturated rings. The summed E-state index contributed by atoms with van der Waals surface area (Å²) < 4.78 is 11.5. The van der Waals surface area contributed by atoms with E-state index in [-0.39, 0.29) is 12.1 Å². The highest BCUT2D eigenvalue weighted by atomic mass is 35.5. The minimum atomic E-state index is -0.513. The summed E-state index contributed by atoms with van der Waals surface area (Å²) in [7, 11) is 0. The number of nitrogen functional groups attached to an aromatic ring is 1. The molecule has 0 bridgehead atoms. The van der Waals surface area contributed by atoms with Crippen molar-refractivity contribution in [3.63, 3.8) is 0 Å². The summed E-state index contributed by atoms with van der Waals surface area (Å²) in [6.07, 6.45) is 5.13. The maximum atomic E-state index is 12.6. The highest BCUT2D eigenvalue weighted by molar-refractivity contribution is 6.35. The zero-order valence-electron chi connectivity index (χ0n) is 19.1. The number of anilines is 2. The Morgan fingerprint density at radius 3 is 2.61 bits per heavy atom. The number of rotatable bonds is 6. The zero-order valence-corrected chi connectivity index (χ0v) is 19.8. The van der Waals surface area contributed by atoms with Gasteiger partial charge in [-0.1, -0.05) is 11.6 Å². The van der Waals surface area contributed by atoms with Gasteiger partial charge in [0.05, 0.1) is 11.4 Å². The molecular weight excluding hydrogens is 416 g/mol.